The van der Waals surface area contributed by atoms with Crippen molar-refractivity contribution in [1.29, 1.82) is 0 Å². The highest BCUT2D eigenvalue weighted by atomic mass is 35.5. The number of carbonyl (C=O) groups excluding carboxylic acids is 1. The molecule has 0 saturated heterocycles. The largest absolute Gasteiger partial charge is 0.354 e. The van der Waals surface area contributed by atoms with Crippen molar-refractivity contribution in [2.45, 2.75) is 13.0 Å². The third-order valence-electron chi connectivity index (χ3n) is 3.43. The van der Waals surface area contributed by atoms with Crippen molar-refractivity contribution in [3.8, 4) is 11.3 Å². The fraction of sp³-hybridized carbons (Fsp3) is 0.176. The van der Waals surface area contributed by atoms with Gasteiger partial charge in [-0.1, -0.05) is 29.8 Å². The number of benzene rings is 1. The van der Waals surface area contributed by atoms with E-state index in [1.165, 1.54) is 0 Å². The van der Waals surface area contributed by atoms with Crippen LogP contribution in [-0.2, 0) is 17.8 Å². The van der Waals surface area contributed by atoms with E-state index in [-0.39, 0.29) is 5.91 Å². The van der Waals surface area contributed by atoms with Crippen LogP contribution < -0.4 is 5.32 Å². The maximum atomic E-state index is 11.9. The molecule has 1 amide bonds. The lowest BCUT2D eigenvalue weighted by Crippen LogP contribution is -2.28. The zero-order valence-electron chi connectivity index (χ0n) is 12.4. The monoisotopic (exact) mass is 345 g/mol. The lowest BCUT2D eigenvalue weighted by Gasteiger charge is -2.06. The van der Waals surface area contributed by atoms with Gasteiger partial charge < -0.3 is 5.32 Å². The number of nitrogens with one attached hydrogen (secondary N) is 1. The van der Waals surface area contributed by atoms with Gasteiger partial charge in [-0.25, -0.2) is 0 Å². The molecule has 0 aliphatic heterocycles. The Morgan fingerprint density at radius 1 is 1.26 bits per heavy atom. The Bertz CT molecular complexity index is 783. The van der Waals surface area contributed by atoms with E-state index in [0.717, 1.165) is 16.8 Å². The summed E-state index contributed by atoms with van der Waals surface area (Å²) in [5.74, 6) is -0.0386. The molecule has 23 heavy (non-hydrogen) atoms. The van der Waals surface area contributed by atoms with E-state index in [0.29, 0.717) is 24.5 Å². The molecular formula is C17H16ClN3OS. The van der Waals surface area contributed by atoms with Gasteiger partial charge in [-0.15, -0.1) is 0 Å². The molecule has 3 aromatic rings. The summed E-state index contributed by atoms with van der Waals surface area (Å²) < 4.78 is 1.84. The first-order valence-electron chi connectivity index (χ1n) is 7.28. The van der Waals surface area contributed by atoms with Crippen molar-refractivity contribution in [2.75, 3.05) is 6.54 Å². The summed E-state index contributed by atoms with van der Waals surface area (Å²) in [4.78, 5) is 11.9. The summed E-state index contributed by atoms with van der Waals surface area (Å²) in [5.41, 5.74) is 2.91. The fourth-order valence-electron chi connectivity index (χ4n) is 2.24. The summed E-state index contributed by atoms with van der Waals surface area (Å²) in [6.07, 6.45) is 2.21. The molecule has 0 spiro atoms. The summed E-state index contributed by atoms with van der Waals surface area (Å²) >= 11 is 7.71. The molecule has 0 fully saturated rings. The van der Waals surface area contributed by atoms with E-state index in [9.17, 15) is 4.79 Å². The van der Waals surface area contributed by atoms with Crippen LogP contribution >= 0.6 is 22.9 Å². The van der Waals surface area contributed by atoms with Gasteiger partial charge in [-0.3, -0.25) is 9.48 Å². The first-order valence-corrected chi connectivity index (χ1v) is 8.60. The predicted octanol–water partition coefficient (Wildman–Crippen LogP) is 3.62. The molecule has 0 bridgehead atoms. The molecule has 0 atom stereocenters. The minimum atomic E-state index is -0.0386. The second-order valence-corrected chi connectivity index (χ2v) is 6.28. The zero-order valence-corrected chi connectivity index (χ0v) is 14.0. The van der Waals surface area contributed by atoms with Crippen LogP contribution in [0.25, 0.3) is 11.3 Å². The molecule has 3 rings (SSSR count). The molecular weight excluding hydrogens is 330 g/mol. The fourth-order valence-corrected chi connectivity index (χ4v) is 3.09. The zero-order chi connectivity index (χ0) is 16.1. The van der Waals surface area contributed by atoms with Gasteiger partial charge in [-0.05, 0) is 29.1 Å². The Balaban J connectivity index is 1.48. The van der Waals surface area contributed by atoms with Crippen LogP contribution in [0.2, 0.25) is 5.02 Å². The Morgan fingerprint density at radius 2 is 2.13 bits per heavy atom. The average molecular weight is 346 g/mol. The van der Waals surface area contributed by atoms with E-state index in [4.69, 9.17) is 11.6 Å². The minimum absolute atomic E-state index is 0.0386. The standard InChI is InChI=1S/C17H16ClN3OS/c18-15-4-2-1-3-13(15)11-17(22)19-7-9-21-8-5-16(20-21)14-6-10-23-12-14/h1-6,8,10,12H,7,9,11H2,(H,19,22). The minimum Gasteiger partial charge on any atom is -0.354 e. The van der Waals surface area contributed by atoms with E-state index in [2.05, 4.69) is 15.8 Å². The summed E-state index contributed by atoms with van der Waals surface area (Å²) in [5, 5.41) is 12.1. The van der Waals surface area contributed by atoms with Crippen LogP contribution in [0.1, 0.15) is 5.56 Å². The highest BCUT2D eigenvalue weighted by molar-refractivity contribution is 7.08. The van der Waals surface area contributed by atoms with Crippen molar-refractivity contribution >= 4 is 28.8 Å². The quantitative estimate of drug-likeness (QED) is 0.741. The van der Waals surface area contributed by atoms with E-state index >= 15 is 0 Å². The molecule has 0 aliphatic rings. The van der Waals surface area contributed by atoms with Crippen molar-refractivity contribution in [3.05, 3.63) is 63.9 Å². The van der Waals surface area contributed by atoms with Crippen molar-refractivity contribution < 1.29 is 4.79 Å². The van der Waals surface area contributed by atoms with Crippen LogP contribution in [0, 0.1) is 0 Å². The maximum Gasteiger partial charge on any atom is 0.224 e. The SMILES string of the molecule is O=C(Cc1ccccc1Cl)NCCn1ccc(-c2ccsc2)n1. The Labute approximate surface area is 143 Å². The highest BCUT2D eigenvalue weighted by Gasteiger charge is 2.07. The molecule has 0 saturated carbocycles. The van der Waals surface area contributed by atoms with Crippen LogP contribution in [0.4, 0.5) is 0 Å². The first kappa shape index (κ1) is 15.8. The number of aromatic nitrogens is 2. The second-order valence-electron chi connectivity index (χ2n) is 5.09. The highest BCUT2D eigenvalue weighted by Crippen LogP contribution is 2.19. The number of amides is 1. The van der Waals surface area contributed by atoms with E-state index < -0.39 is 0 Å². The number of thiophene rings is 1. The van der Waals surface area contributed by atoms with Gasteiger partial charge in [-0.2, -0.15) is 16.4 Å². The van der Waals surface area contributed by atoms with E-state index in [1.807, 2.05) is 46.6 Å². The number of rotatable bonds is 6. The number of hydrogen-bond acceptors (Lipinski definition) is 3. The van der Waals surface area contributed by atoms with Gasteiger partial charge in [0.15, 0.2) is 0 Å². The van der Waals surface area contributed by atoms with Crippen LogP contribution in [0.15, 0.2) is 53.4 Å². The lowest BCUT2D eigenvalue weighted by molar-refractivity contribution is -0.120. The van der Waals surface area contributed by atoms with Gasteiger partial charge in [0.25, 0.3) is 0 Å². The maximum absolute atomic E-state index is 11.9. The number of nitrogens with zero attached hydrogens (tertiary/aromatic N) is 2. The molecule has 0 aliphatic carbocycles. The molecule has 1 aromatic carbocycles. The third-order valence-corrected chi connectivity index (χ3v) is 4.48. The third kappa shape index (κ3) is 4.21. The smallest absolute Gasteiger partial charge is 0.224 e. The molecule has 2 heterocycles. The Morgan fingerprint density at radius 3 is 2.91 bits per heavy atom. The van der Waals surface area contributed by atoms with Gasteiger partial charge >= 0.3 is 0 Å². The van der Waals surface area contributed by atoms with Gasteiger partial charge in [0, 0.05) is 28.7 Å². The Hall–Kier alpha value is -2.11. The lowest BCUT2D eigenvalue weighted by atomic mass is 10.1. The number of halogens is 1. The van der Waals surface area contributed by atoms with Crippen molar-refractivity contribution in [1.82, 2.24) is 15.1 Å². The Kier molecular flexibility index (Phi) is 5.10. The molecule has 6 heteroatoms. The van der Waals surface area contributed by atoms with Crippen LogP contribution in [0.3, 0.4) is 0 Å². The normalized spacial score (nSPS) is 10.7. The second kappa shape index (κ2) is 7.44. The van der Waals surface area contributed by atoms with Crippen LogP contribution in [-0.4, -0.2) is 22.2 Å². The molecule has 0 radical (unpaired) electrons. The summed E-state index contributed by atoms with van der Waals surface area (Å²) in [7, 11) is 0. The first-order chi connectivity index (χ1) is 11.2. The average Bonchev–Trinajstić information content (AvgIpc) is 3.20. The number of carbonyl (C=O) groups is 1. The molecule has 118 valence electrons. The van der Waals surface area contributed by atoms with Crippen molar-refractivity contribution in [2.24, 2.45) is 0 Å². The molecule has 0 unspecified atom stereocenters. The van der Waals surface area contributed by atoms with Gasteiger partial charge in [0.2, 0.25) is 5.91 Å². The van der Waals surface area contributed by atoms with E-state index in [1.54, 1.807) is 17.4 Å². The van der Waals surface area contributed by atoms with Crippen molar-refractivity contribution in [3.63, 3.8) is 0 Å². The molecule has 4 nitrogen and oxygen atoms in total. The molecule has 1 N–H and O–H groups in total. The van der Waals surface area contributed by atoms with Gasteiger partial charge in [0.1, 0.15) is 0 Å². The van der Waals surface area contributed by atoms with Gasteiger partial charge in [0.05, 0.1) is 18.7 Å². The molecule has 2 aromatic heterocycles. The number of hydrogen-bond donors (Lipinski definition) is 1. The summed E-state index contributed by atoms with van der Waals surface area (Å²) in [6, 6.07) is 11.4. The summed E-state index contributed by atoms with van der Waals surface area (Å²) in [6.45, 7) is 1.17. The topological polar surface area (TPSA) is 46.9 Å². The predicted molar refractivity (Wildman–Crippen MR) is 93.7 cm³/mol. The van der Waals surface area contributed by atoms with Crippen LogP contribution in [0.5, 0.6) is 0 Å².